The van der Waals surface area contributed by atoms with E-state index in [1.807, 2.05) is 0 Å². The summed E-state index contributed by atoms with van der Waals surface area (Å²) < 4.78 is 3.82. The molecule has 0 bridgehead atoms. The number of phenols is 1. The molecule has 1 nitrogen and oxygen atoms in total. The van der Waals surface area contributed by atoms with Crippen LogP contribution in [0.3, 0.4) is 0 Å². The third-order valence-corrected chi connectivity index (χ3v) is 5.47. The van der Waals surface area contributed by atoms with Crippen LogP contribution in [0.1, 0.15) is 45.2 Å². The third-order valence-electron chi connectivity index (χ3n) is 2.73. The molecule has 0 aromatic heterocycles. The first-order valence-corrected chi connectivity index (χ1v) is 10.6. The Morgan fingerprint density at radius 3 is 2.31 bits per heavy atom. The normalized spacial score (nSPS) is 11.8. The summed E-state index contributed by atoms with van der Waals surface area (Å²) >= 11 is -0.390. The summed E-state index contributed by atoms with van der Waals surface area (Å²) in [6, 6.07) is 4.44. The maximum absolute atomic E-state index is 10.3. The number of rotatable bonds is 3. The van der Waals surface area contributed by atoms with E-state index in [9.17, 15) is 5.11 Å². The molecule has 0 saturated heterocycles. The second kappa shape index (κ2) is 5.50. The van der Waals surface area contributed by atoms with Crippen LogP contribution in [0.5, 0.6) is 5.75 Å². The van der Waals surface area contributed by atoms with Crippen molar-refractivity contribution in [3.63, 3.8) is 0 Å². The molecule has 0 unspecified atom stereocenters. The Hall–Kier alpha value is -0.0839. The van der Waals surface area contributed by atoms with Gasteiger partial charge in [0.2, 0.25) is 0 Å². The summed E-state index contributed by atoms with van der Waals surface area (Å²) in [5, 5.41) is 10.3. The van der Waals surface area contributed by atoms with Gasteiger partial charge in [-0.3, -0.25) is 0 Å². The first kappa shape index (κ1) is 14.0. The average molecular weight is 415 g/mol. The zero-order valence-electron chi connectivity index (χ0n) is 10.9. The fourth-order valence-electron chi connectivity index (χ4n) is 1.81. The Kier molecular flexibility index (Phi) is 4.81. The molecule has 0 spiro atoms. The molecule has 1 aromatic carbocycles. The fourth-order valence-corrected chi connectivity index (χ4v) is 3.74. The molecule has 0 aliphatic heterocycles. The molecule has 16 heavy (non-hydrogen) atoms. The summed E-state index contributed by atoms with van der Waals surface area (Å²) in [7, 11) is 0. The van der Waals surface area contributed by atoms with Crippen LogP contribution in [0.2, 0.25) is 4.58 Å². The Morgan fingerprint density at radius 2 is 1.88 bits per heavy atom. The van der Waals surface area contributed by atoms with Crippen LogP contribution >= 0.6 is 0 Å². The van der Waals surface area contributed by atoms with E-state index in [0.29, 0.717) is 5.75 Å². The van der Waals surface area contributed by atoms with Crippen LogP contribution in [0.4, 0.5) is 0 Å². The molecule has 0 radical (unpaired) electrons. The minimum absolute atomic E-state index is 0.0383. The Balaban J connectivity index is 3.31. The van der Waals surface area contributed by atoms with E-state index in [0.717, 1.165) is 24.0 Å². The van der Waals surface area contributed by atoms with Crippen molar-refractivity contribution in [2.45, 2.75) is 50.5 Å². The molecule has 2 heteroatoms. The van der Waals surface area contributed by atoms with Gasteiger partial charge in [-0.05, 0) is 0 Å². The number of benzene rings is 1. The van der Waals surface area contributed by atoms with Crippen LogP contribution < -0.4 is 3.22 Å². The molecule has 0 fully saturated rings. The minimum atomic E-state index is -0.390. The van der Waals surface area contributed by atoms with Crippen LogP contribution in [-0.2, 0) is 11.8 Å². The molecular weight excluding hydrogens is 393 g/mol. The summed E-state index contributed by atoms with van der Waals surface area (Å²) in [5.41, 5.74) is 2.30. The number of hydrogen-bond donors (Lipinski definition) is 1. The van der Waals surface area contributed by atoms with Gasteiger partial charge in [0.25, 0.3) is 0 Å². The van der Waals surface area contributed by atoms with Crippen molar-refractivity contribution in [3.05, 3.63) is 23.3 Å². The van der Waals surface area contributed by atoms with Gasteiger partial charge in [-0.25, -0.2) is 0 Å². The van der Waals surface area contributed by atoms with Crippen molar-refractivity contribution >= 4 is 26.8 Å². The molecule has 1 N–H and O–H groups in total. The summed E-state index contributed by atoms with van der Waals surface area (Å²) in [6.45, 7) is 8.67. The summed E-state index contributed by atoms with van der Waals surface area (Å²) in [6.07, 6.45) is 2.08. The summed E-state index contributed by atoms with van der Waals surface area (Å²) in [4.78, 5) is 0. The molecule has 0 heterocycles. The Morgan fingerprint density at radius 1 is 1.25 bits per heavy atom. The van der Waals surface area contributed by atoms with Crippen LogP contribution in [0.15, 0.2) is 12.1 Å². The molecule has 1 rings (SSSR count). The molecule has 0 saturated carbocycles. The van der Waals surface area contributed by atoms with E-state index in [1.165, 1.54) is 3.22 Å². The van der Waals surface area contributed by atoms with Crippen molar-refractivity contribution in [1.29, 1.82) is 0 Å². The monoisotopic (exact) mass is 415 g/mol. The van der Waals surface area contributed by atoms with Crippen molar-refractivity contribution in [2.75, 3.05) is 0 Å². The predicted octanol–water partition coefficient (Wildman–Crippen LogP) is 3.02. The topological polar surface area (TPSA) is 20.2 Å². The van der Waals surface area contributed by atoms with E-state index in [-0.39, 0.29) is 29.0 Å². The van der Waals surface area contributed by atoms with Crippen molar-refractivity contribution in [2.24, 2.45) is 0 Å². The van der Waals surface area contributed by atoms with Crippen molar-refractivity contribution < 1.29 is 5.11 Å². The number of aromatic hydroxyl groups is 1. The van der Waals surface area contributed by atoms with E-state index in [4.69, 9.17) is 0 Å². The number of aryl methyl sites for hydroxylation is 1. The van der Waals surface area contributed by atoms with Gasteiger partial charge in [0.1, 0.15) is 0 Å². The van der Waals surface area contributed by atoms with Gasteiger partial charge in [-0.2, -0.15) is 0 Å². The number of phenolic OH excluding ortho intramolecular Hbond substituents is 1. The van der Waals surface area contributed by atoms with Gasteiger partial charge < -0.3 is 0 Å². The van der Waals surface area contributed by atoms with Gasteiger partial charge in [0.05, 0.1) is 0 Å². The van der Waals surface area contributed by atoms with Crippen molar-refractivity contribution in [1.82, 2.24) is 0 Å². The summed E-state index contributed by atoms with van der Waals surface area (Å²) in [5.74, 6) is 0.533. The first-order valence-electron chi connectivity index (χ1n) is 5.80. The molecular formula is C14H22OPo. The zero-order chi connectivity index (χ0) is 12.3. The Bertz CT molecular complexity index is 364. The molecule has 90 valence electrons. The average Bonchev–Trinajstić information content (AvgIpc) is 2.19. The van der Waals surface area contributed by atoms with Crippen LogP contribution in [-0.4, -0.2) is 28.7 Å². The van der Waals surface area contributed by atoms with Crippen LogP contribution in [0, 0.1) is 0 Å². The van der Waals surface area contributed by atoms with Crippen LogP contribution in [0.25, 0.3) is 0 Å². The van der Waals surface area contributed by atoms with E-state index in [1.54, 1.807) is 0 Å². The van der Waals surface area contributed by atoms with Gasteiger partial charge in [0, 0.05) is 0 Å². The fraction of sp³-hybridized carbons (Fsp3) is 0.571. The van der Waals surface area contributed by atoms with Gasteiger partial charge in [-0.1, -0.05) is 0 Å². The number of hydrogen-bond acceptors (Lipinski definition) is 1. The van der Waals surface area contributed by atoms with E-state index in [2.05, 4.69) is 44.4 Å². The second-order valence-electron chi connectivity index (χ2n) is 5.18. The first-order chi connectivity index (χ1) is 7.40. The molecule has 0 aliphatic rings. The van der Waals surface area contributed by atoms with Crippen molar-refractivity contribution in [3.8, 4) is 5.75 Å². The van der Waals surface area contributed by atoms with Gasteiger partial charge in [-0.15, -0.1) is 0 Å². The van der Waals surface area contributed by atoms with E-state index >= 15 is 0 Å². The zero-order valence-corrected chi connectivity index (χ0v) is 14.1. The standard InChI is InChI=1S/C13H19O.CH3.Po/c1-5-7-10-8-6-9-11(12(10)14)13(2,3)4;;/h8-9,14H,5,7H2,1-4H3;1H3;. The molecule has 0 atom stereocenters. The Labute approximate surface area is 111 Å². The molecule has 0 amide bonds. The quantitative estimate of drug-likeness (QED) is 0.805. The molecule has 0 aliphatic carbocycles. The van der Waals surface area contributed by atoms with E-state index < -0.39 is 0 Å². The maximum atomic E-state index is 10.3. The second-order valence-corrected chi connectivity index (χ2v) is 8.60. The third kappa shape index (κ3) is 3.20. The molecule has 1 aromatic rings. The van der Waals surface area contributed by atoms with Gasteiger partial charge in [0.15, 0.2) is 0 Å². The SMILES string of the molecule is CCCc1c[c]([Po][CH3])cc(C(C)(C)C)c1O. The van der Waals surface area contributed by atoms with Gasteiger partial charge >= 0.3 is 111 Å². The predicted molar refractivity (Wildman–Crippen MR) is 72.1 cm³/mol.